The van der Waals surface area contributed by atoms with Gasteiger partial charge in [-0.15, -0.1) is 0 Å². The summed E-state index contributed by atoms with van der Waals surface area (Å²) in [5.41, 5.74) is 0. The van der Waals surface area contributed by atoms with Gasteiger partial charge in [0.1, 0.15) is 5.78 Å². The lowest BCUT2D eigenvalue weighted by molar-refractivity contribution is -0.133. The van der Waals surface area contributed by atoms with Crippen molar-refractivity contribution in [3.63, 3.8) is 0 Å². The normalized spacial score (nSPS) is 26.3. The summed E-state index contributed by atoms with van der Waals surface area (Å²) in [6.07, 6.45) is 1.40. The third-order valence-corrected chi connectivity index (χ3v) is 2.06. The molecule has 0 radical (unpaired) electrons. The second-order valence-electron chi connectivity index (χ2n) is 3.20. The van der Waals surface area contributed by atoms with Crippen LogP contribution < -0.4 is 0 Å². The molecule has 1 atom stereocenters. The van der Waals surface area contributed by atoms with Gasteiger partial charge in [-0.25, -0.2) is 0 Å². The van der Waals surface area contributed by atoms with E-state index in [9.17, 15) is 9.59 Å². The van der Waals surface area contributed by atoms with Gasteiger partial charge in [-0.3, -0.25) is 14.5 Å². The lowest BCUT2D eigenvalue weighted by Crippen LogP contribution is -2.40. The fourth-order valence-electron chi connectivity index (χ4n) is 1.41. The average molecular weight is 155 g/mol. The lowest BCUT2D eigenvalue weighted by Gasteiger charge is -2.25. The predicted octanol–water partition coefficient (Wildman–Crippen LogP) is 0.239. The zero-order chi connectivity index (χ0) is 8.43. The van der Waals surface area contributed by atoms with Crippen LogP contribution in [0.4, 0.5) is 0 Å². The first-order valence-corrected chi connectivity index (χ1v) is 3.82. The molecule has 0 aliphatic heterocycles. The van der Waals surface area contributed by atoms with Gasteiger partial charge < -0.3 is 0 Å². The minimum Gasteiger partial charge on any atom is -0.300 e. The van der Waals surface area contributed by atoms with Gasteiger partial charge in [0.25, 0.3) is 0 Å². The molecule has 0 saturated heterocycles. The summed E-state index contributed by atoms with van der Waals surface area (Å²) in [6, 6.07) is -0.0206. The minimum absolute atomic E-state index is 0.0206. The first-order valence-electron chi connectivity index (χ1n) is 3.82. The number of Topliss-reactive ketones (excluding diaryl/α,β-unsaturated/α-hetero) is 2. The van der Waals surface area contributed by atoms with Crippen LogP contribution in [0.25, 0.3) is 0 Å². The number of hydrogen-bond donors (Lipinski definition) is 0. The number of nitrogens with zero attached hydrogens (tertiary/aromatic N) is 1. The molecular formula is C8H13NO2. The highest BCUT2D eigenvalue weighted by Crippen LogP contribution is 2.14. The van der Waals surface area contributed by atoms with Crippen molar-refractivity contribution in [2.24, 2.45) is 0 Å². The Balaban J connectivity index is 2.57. The molecule has 1 aliphatic rings. The highest BCUT2D eigenvalue weighted by Gasteiger charge is 2.27. The first-order chi connectivity index (χ1) is 5.11. The average Bonchev–Trinajstić information content (AvgIpc) is 1.85. The maximum absolute atomic E-state index is 11.2. The Labute approximate surface area is 66.4 Å². The standard InChI is InChI=1S/C8H13NO2/c1-9(2)7-4-3-6(10)5-8(7)11/h7H,3-5H2,1-2H3. The summed E-state index contributed by atoms with van der Waals surface area (Å²) in [5.74, 6) is 0.166. The van der Waals surface area contributed by atoms with Gasteiger partial charge in [-0.1, -0.05) is 0 Å². The molecule has 1 aliphatic carbocycles. The summed E-state index contributed by atoms with van der Waals surface area (Å²) in [7, 11) is 3.75. The number of rotatable bonds is 1. The summed E-state index contributed by atoms with van der Waals surface area (Å²) in [6.45, 7) is 0. The molecule has 0 heterocycles. The van der Waals surface area contributed by atoms with Crippen molar-refractivity contribution in [1.82, 2.24) is 4.90 Å². The van der Waals surface area contributed by atoms with Crippen LogP contribution in [0.15, 0.2) is 0 Å². The largest absolute Gasteiger partial charge is 0.300 e. The van der Waals surface area contributed by atoms with Crippen LogP contribution in [0.5, 0.6) is 0 Å². The van der Waals surface area contributed by atoms with Crippen molar-refractivity contribution in [2.45, 2.75) is 25.3 Å². The molecule has 0 amide bonds. The summed E-state index contributed by atoms with van der Waals surface area (Å²) >= 11 is 0. The number of hydrogen-bond acceptors (Lipinski definition) is 3. The van der Waals surface area contributed by atoms with Crippen molar-refractivity contribution in [3.8, 4) is 0 Å². The third-order valence-electron chi connectivity index (χ3n) is 2.06. The molecule has 1 rings (SSSR count). The molecule has 0 aromatic rings. The van der Waals surface area contributed by atoms with Crippen molar-refractivity contribution in [2.75, 3.05) is 14.1 Å². The van der Waals surface area contributed by atoms with Crippen molar-refractivity contribution in [3.05, 3.63) is 0 Å². The highest BCUT2D eigenvalue weighted by molar-refractivity contribution is 6.03. The molecule has 3 heteroatoms. The molecule has 0 aromatic heterocycles. The SMILES string of the molecule is CN(C)C1CCC(=O)CC1=O. The Bertz CT molecular complexity index is 187. The van der Waals surface area contributed by atoms with E-state index < -0.39 is 0 Å². The van der Waals surface area contributed by atoms with Crippen LogP contribution in [-0.4, -0.2) is 36.6 Å². The molecule has 1 unspecified atom stereocenters. The maximum atomic E-state index is 11.2. The molecular weight excluding hydrogens is 142 g/mol. The van der Waals surface area contributed by atoms with Crippen molar-refractivity contribution >= 4 is 11.6 Å². The van der Waals surface area contributed by atoms with Crippen LogP contribution >= 0.6 is 0 Å². The minimum atomic E-state index is -0.0206. The van der Waals surface area contributed by atoms with E-state index in [4.69, 9.17) is 0 Å². The van der Waals surface area contributed by atoms with Crippen LogP contribution in [0.1, 0.15) is 19.3 Å². The molecule has 0 spiro atoms. The van der Waals surface area contributed by atoms with E-state index in [0.717, 1.165) is 0 Å². The van der Waals surface area contributed by atoms with E-state index in [0.29, 0.717) is 12.8 Å². The van der Waals surface area contributed by atoms with Crippen LogP contribution in [0.2, 0.25) is 0 Å². The van der Waals surface area contributed by atoms with E-state index in [1.165, 1.54) is 0 Å². The Hall–Kier alpha value is -0.700. The molecule has 0 bridgehead atoms. The topological polar surface area (TPSA) is 37.4 Å². The smallest absolute Gasteiger partial charge is 0.157 e. The zero-order valence-electron chi connectivity index (χ0n) is 6.96. The van der Waals surface area contributed by atoms with Gasteiger partial charge in [0, 0.05) is 6.42 Å². The van der Waals surface area contributed by atoms with Gasteiger partial charge in [-0.2, -0.15) is 0 Å². The predicted molar refractivity (Wildman–Crippen MR) is 41.3 cm³/mol. The fourth-order valence-corrected chi connectivity index (χ4v) is 1.41. The monoisotopic (exact) mass is 155 g/mol. The molecule has 11 heavy (non-hydrogen) atoms. The molecule has 0 N–H and O–H groups in total. The number of carbonyl (C=O) groups is 2. The Kier molecular flexibility index (Phi) is 2.39. The Morgan fingerprint density at radius 2 is 2.00 bits per heavy atom. The van der Waals surface area contributed by atoms with E-state index >= 15 is 0 Å². The molecule has 62 valence electrons. The third kappa shape index (κ3) is 1.87. The zero-order valence-corrected chi connectivity index (χ0v) is 6.96. The second kappa shape index (κ2) is 3.13. The van der Waals surface area contributed by atoms with E-state index in [2.05, 4.69) is 0 Å². The van der Waals surface area contributed by atoms with E-state index in [-0.39, 0.29) is 24.0 Å². The van der Waals surface area contributed by atoms with Gasteiger partial charge in [0.15, 0.2) is 5.78 Å². The molecule has 1 fully saturated rings. The Morgan fingerprint density at radius 3 is 2.45 bits per heavy atom. The molecule has 1 saturated carbocycles. The quantitative estimate of drug-likeness (QED) is 0.509. The van der Waals surface area contributed by atoms with E-state index in [1.807, 2.05) is 19.0 Å². The van der Waals surface area contributed by atoms with E-state index in [1.54, 1.807) is 0 Å². The van der Waals surface area contributed by atoms with Crippen LogP contribution in [0.3, 0.4) is 0 Å². The first kappa shape index (κ1) is 8.40. The van der Waals surface area contributed by atoms with Crippen molar-refractivity contribution in [1.29, 1.82) is 0 Å². The lowest BCUT2D eigenvalue weighted by atomic mass is 9.92. The van der Waals surface area contributed by atoms with Crippen molar-refractivity contribution < 1.29 is 9.59 Å². The fraction of sp³-hybridized carbons (Fsp3) is 0.750. The number of carbonyl (C=O) groups excluding carboxylic acids is 2. The van der Waals surface area contributed by atoms with Crippen LogP contribution in [-0.2, 0) is 9.59 Å². The maximum Gasteiger partial charge on any atom is 0.157 e. The van der Waals surface area contributed by atoms with Crippen LogP contribution in [0, 0.1) is 0 Å². The summed E-state index contributed by atoms with van der Waals surface area (Å²) in [4.78, 5) is 23.9. The Morgan fingerprint density at radius 1 is 1.36 bits per heavy atom. The number of ketones is 2. The summed E-state index contributed by atoms with van der Waals surface area (Å²) in [5, 5.41) is 0. The molecule has 0 aromatic carbocycles. The van der Waals surface area contributed by atoms with Gasteiger partial charge in [0.05, 0.1) is 12.5 Å². The second-order valence-corrected chi connectivity index (χ2v) is 3.20. The summed E-state index contributed by atoms with van der Waals surface area (Å²) < 4.78 is 0. The highest BCUT2D eigenvalue weighted by atomic mass is 16.2. The van der Waals surface area contributed by atoms with Gasteiger partial charge in [-0.05, 0) is 20.5 Å². The molecule has 3 nitrogen and oxygen atoms in total. The van der Waals surface area contributed by atoms with Gasteiger partial charge in [0.2, 0.25) is 0 Å². The number of likely N-dealkylation sites (N-methyl/N-ethyl adjacent to an activating group) is 1. The van der Waals surface area contributed by atoms with Gasteiger partial charge >= 0.3 is 0 Å².